The number of aliphatic imine (C=N–C) groups is 2. The molecule has 2 aliphatic heterocycles. The molecule has 4 aromatic rings. The molecule has 2 unspecified atom stereocenters. The van der Waals surface area contributed by atoms with Crippen LogP contribution >= 0.6 is 69.6 Å². The molecule has 0 radical (unpaired) electrons. The Morgan fingerprint density at radius 1 is 0.673 bits per heavy atom. The molecule has 0 aliphatic carbocycles. The van der Waals surface area contributed by atoms with E-state index in [2.05, 4.69) is 9.98 Å². The van der Waals surface area contributed by atoms with Gasteiger partial charge in [0.25, 0.3) is 0 Å². The molecule has 5 nitrogen and oxygen atoms in total. The Hall–Kier alpha value is -3.50. The van der Waals surface area contributed by atoms with E-state index in [1.807, 2.05) is 6.07 Å². The molecule has 1 N–H and O–H groups in total. The number of halogens is 12. The van der Waals surface area contributed by atoms with Crippen LogP contribution in [0, 0.1) is 25.2 Å². The first-order chi connectivity index (χ1) is 25.5. The largest absolute Gasteiger partial charge is 0.478 e. The summed E-state index contributed by atoms with van der Waals surface area (Å²) in [6.07, 6.45) is -9.96. The molecular weight excluding hydrogens is 857 g/mol. The lowest BCUT2D eigenvalue weighted by molar-refractivity contribution is -0.184. The van der Waals surface area contributed by atoms with Crippen LogP contribution in [-0.2, 0) is 10.8 Å². The average molecular weight is 882 g/mol. The molecule has 55 heavy (non-hydrogen) atoms. The van der Waals surface area contributed by atoms with Gasteiger partial charge in [-0.05, 0) is 95.8 Å². The molecule has 2 atom stereocenters. The second-order valence-corrected chi connectivity index (χ2v) is 15.4. The molecule has 0 amide bonds. The molecule has 0 saturated carbocycles. The minimum Gasteiger partial charge on any atom is -0.478 e. The van der Waals surface area contributed by atoms with E-state index < -0.39 is 48.7 Å². The van der Waals surface area contributed by atoms with Gasteiger partial charge in [-0.1, -0.05) is 81.7 Å². The molecular formula is C38H25Cl6F6N3O2. The fourth-order valence-corrected chi connectivity index (χ4v) is 7.64. The highest BCUT2D eigenvalue weighted by Crippen LogP contribution is 2.51. The van der Waals surface area contributed by atoms with E-state index in [9.17, 15) is 31.1 Å². The maximum Gasteiger partial charge on any atom is 0.400 e. The summed E-state index contributed by atoms with van der Waals surface area (Å²) in [7, 11) is 0. The summed E-state index contributed by atoms with van der Waals surface area (Å²) in [6.45, 7) is 2.31. The smallest absolute Gasteiger partial charge is 0.400 e. The first-order valence-corrected chi connectivity index (χ1v) is 18.2. The zero-order valence-electron chi connectivity index (χ0n) is 28.3. The van der Waals surface area contributed by atoms with Gasteiger partial charge in [0, 0.05) is 24.3 Å². The fourth-order valence-electron chi connectivity index (χ4n) is 6.45. The van der Waals surface area contributed by atoms with Gasteiger partial charge in [0.15, 0.2) is 0 Å². The zero-order valence-corrected chi connectivity index (χ0v) is 32.9. The Kier molecular flexibility index (Phi) is 12.2. The molecule has 4 aromatic carbocycles. The van der Waals surface area contributed by atoms with Gasteiger partial charge in [-0.3, -0.25) is 9.98 Å². The first kappa shape index (κ1) is 42.6. The van der Waals surface area contributed by atoms with Crippen molar-refractivity contribution in [3.8, 4) is 6.07 Å². The maximum absolute atomic E-state index is 14.1. The van der Waals surface area contributed by atoms with Crippen molar-refractivity contribution in [2.45, 2.75) is 49.9 Å². The van der Waals surface area contributed by atoms with E-state index in [1.165, 1.54) is 42.5 Å². The van der Waals surface area contributed by atoms with Crippen molar-refractivity contribution in [1.29, 1.82) is 5.26 Å². The minimum absolute atomic E-state index is 0.0107. The molecule has 2 heterocycles. The van der Waals surface area contributed by atoms with Crippen LogP contribution in [0.3, 0.4) is 0 Å². The molecule has 288 valence electrons. The summed E-state index contributed by atoms with van der Waals surface area (Å²) in [5, 5.41) is 17.9. The molecule has 0 aromatic heterocycles. The van der Waals surface area contributed by atoms with Crippen LogP contribution < -0.4 is 0 Å². The molecule has 0 fully saturated rings. The van der Waals surface area contributed by atoms with Crippen LogP contribution in [0.1, 0.15) is 62.1 Å². The van der Waals surface area contributed by atoms with Crippen LogP contribution in [0.4, 0.5) is 26.3 Å². The standard InChI is InChI=1S/C19H12Cl3F3N2.C19H13Cl3F3NO2/c1-10-4-11(2-3-12(10)8-26)16-7-18(9-27-16,19(23,24)25)13-5-14(20)17(22)15(21)6-13;1-9-4-10(2-3-12(9)17(27)28)15-7-18(8-26-15,19(23,24)25)11-5-13(20)16(22)14(21)6-11/h2-6H,7,9H2,1H3;2-6H,7-8H2,1H3,(H,27,28). The highest BCUT2D eigenvalue weighted by molar-refractivity contribution is 6.48. The molecule has 0 bridgehead atoms. The summed E-state index contributed by atoms with van der Waals surface area (Å²) in [5.74, 6) is -1.10. The lowest BCUT2D eigenvalue weighted by Crippen LogP contribution is -2.43. The molecule has 6 rings (SSSR count). The van der Waals surface area contributed by atoms with Crippen molar-refractivity contribution >= 4 is 87.0 Å². The lowest BCUT2D eigenvalue weighted by Gasteiger charge is -2.32. The number of carbonyl (C=O) groups is 1. The predicted octanol–water partition coefficient (Wildman–Crippen LogP) is 12.9. The number of nitriles is 1. The summed E-state index contributed by atoms with van der Waals surface area (Å²) in [6, 6.07) is 16.0. The van der Waals surface area contributed by atoms with Gasteiger partial charge in [0.2, 0.25) is 0 Å². The minimum atomic E-state index is -4.62. The normalized spacial score (nSPS) is 19.7. The van der Waals surface area contributed by atoms with Crippen molar-refractivity contribution in [2.75, 3.05) is 13.1 Å². The third-order valence-electron chi connectivity index (χ3n) is 9.65. The Bertz CT molecular complexity index is 2280. The maximum atomic E-state index is 14.1. The Morgan fingerprint density at radius 3 is 1.38 bits per heavy atom. The molecule has 0 spiro atoms. The number of hydrogen-bond acceptors (Lipinski definition) is 4. The van der Waals surface area contributed by atoms with Crippen LogP contribution in [0.25, 0.3) is 0 Å². The number of carboxylic acid groups (broad SMARTS) is 1. The Balaban J connectivity index is 0.000000211. The molecule has 2 aliphatic rings. The van der Waals surface area contributed by atoms with E-state index in [0.717, 1.165) is 0 Å². The van der Waals surface area contributed by atoms with Gasteiger partial charge in [0.1, 0.15) is 10.8 Å². The van der Waals surface area contributed by atoms with Gasteiger partial charge >= 0.3 is 18.3 Å². The average Bonchev–Trinajstić information content (AvgIpc) is 3.77. The van der Waals surface area contributed by atoms with Crippen LogP contribution in [0.5, 0.6) is 0 Å². The molecule has 17 heteroatoms. The summed E-state index contributed by atoms with van der Waals surface area (Å²) in [4.78, 5) is 19.5. The van der Waals surface area contributed by atoms with Crippen molar-refractivity contribution in [2.24, 2.45) is 9.98 Å². The second kappa shape index (κ2) is 15.8. The Morgan fingerprint density at radius 2 is 1.05 bits per heavy atom. The number of aryl methyl sites for hydroxylation is 2. The number of rotatable bonds is 5. The highest BCUT2D eigenvalue weighted by Gasteiger charge is 2.60. The zero-order chi connectivity index (χ0) is 40.8. The number of benzene rings is 4. The van der Waals surface area contributed by atoms with E-state index in [-0.39, 0.29) is 59.0 Å². The summed E-state index contributed by atoms with van der Waals surface area (Å²) < 4.78 is 84.8. The van der Waals surface area contributed by atoms with Gasteiger partial charge in [-0.15, -0.1) is 0 Å². The van der Waals surface area contributed by atoms with E-state index in [1.54, 1.807) is 32.0 Å². The van der Waals surface area contributed by atoms with E-state index in [0.29, 0.717) is 33.5 Å². The highest BCUT2D eigenvalue weighted by atomic mass is 35.5. The SMILES string of the molecule is Cc1cc(C2=NCC(c3cc(Cl)c(Cl)c(Cl)c3)(C(F)(F)F)C2)ccc1C#N.Cc1cc(C2=NCC(c3cc(Cl)c(Cl)c(Cl)c3)(C(F)(F)F)C2)ccc1C(=O)O. The van der Waals surface area contributed by atoms with Crippen molar-refractivity contribution in [1.82, 2.24) is 0 Å². The fraction of sp³-hybridized carbons (Fsp3) is 0.263. The number of carboxylic acids is 1. The lowest BCUT2D eigenvalue weighted by atomic mass is 9.76. The van der Waals surface area contributed by atoms with Crippen LogP contribution in [0.15, 0.2) is 70.6 Å². The number of hydrogen-bond donors (Lipinski definition) is 1. The van der Waals surface area contributed by atoms with Crippen molar-refractivity contribution in [3.63, 3.8) is 0 Å². The number of alkyl halides is 6. The summed E-state index contributed by atoms with van der Waals surface area (Å²) in [5.41, 5.74) is -1.48. The van der Waals surface area contributed by atoms with Gasteiger partial charge in [-0.25, -0.2) is 4.79 Å². The summed E-state index contributed by atoms with van der Waals surface area (Å²) >= 11 is 35.6. The third kappa shape index (κ3) is 8.18. The Labute approximate surface area is 341 Å². The van der Waals surface area contributed by atoms with E-state index >= 15 is 0 Å². The van der Waals surface area contributed by atoms with Crippen LogP contribution in [-0.4, -0.2) is 47.9 Å². The van der Waals surface area contributed by atoms with E-state index in [4.69, 9.17) is 80.0 Å². The van der Waals surface area contributed by atoms with Gasteiger partial charge < -0.3 is 5.11 Å². The molecule has 0 saturated heterocycles. The van der Waals surface area contributed by atoms with Crippen molar-refractivity contribution in [3.05, 3.63) is 135 Å². The predicted molar refractivity (Wildman–Crippen MR) is 204 cm³/mol. The van der Waals surface area contributed by atoms with Gasteiger partial charge in [0.05, 0.1) is 60.4 Å². The number of aromatic carboxylic acids is 1. The first-order valence-electron chi connectivity index (χ1n) is 15.9. The third-order valence-corrected chi connectivity index (χ3v) is 12.0. The monoisotopic (exact) mass is 879 g/mol. The topological polar surface area (TPSA) is 85.8 Å². The quantitative estimate of drug-likeness (QED) is 0.160. The van der Waals surface area contributed by atoms with Crippen LogP contribution in [0.2, 0.25) is 30.1 Å². The van der Waals surface area contributed by atoms with Gasteiger partial charge in [-0.2, -0.15) is 31.6 Å². The second-order valence-electron chi connectivity index (χ2n) is 13.0. The van der Waals surface area contributed by atoms with Crippen molar-refractivity contribution < 1.29 is 36.2 Å². The number of nitrogens with zero attached hydrogens (tertiary/aromatic N) is 3.